The molecule has 0 saturated heterocycles. The summed E-state index contributed by atoms with van der Waals surface area (Å²) in [6.45, 7) is 4.07. The second-order valence-corrected chi connectivity index (χ2v) is 8.18. The SMILES string of the molecule is Br.CC(=NNc1nc(-c2ccc(Cl)cc2)c(-c2ccccc2)s1)c1ccc(C)cc1. The molecule has 0 fully saturated rings. The predicted octanol–water partition coefficient (Wildman–Crippen LogP) is 7.85. The van der Waals surface area contributed by atoms with Crippen molar-refractivity contribution in [3.63, 3.8) is 0 Å². The Balaban J connectivity index is 0.00000256. The summed E-state index contributed by atoms with van der Waals surface area (Å²) in [5, 5.41) is 6.00. The van der Waals surface area contributed by atoms with Gasteiger partial charge in [0.25, 0.3) is 0 Å². The van der Waals surface area contributed by atoms with E-state index in [0.29, 0.717) is 5.02 Å². The molecule has 0 unspecified atom stereocenters. The standard InChI is InChI=1S/C24H20ClN3S.BrH/c1-16-8-10-18(11-9-16)17(2)27-28-24-26-22(19-12-14-21(25)15-13-19)23(29-24)20-6-4-3-5-7-20;/h3-15H,1-2H3,(H,26,28);1H. The van der Waals surface area contributed by atoms with E-state index < -0.39 is 0 Å². The van der Waals surface area contributed by atoms with Crippen LogP contribution in [0, 0.1) is 6.92 Å². The zero-order valence-corrected chi connectivity index (χ0v) is 19.9. The van der Waals surface area contributed by atoms with Crippen molar-refractivity contribution in [2.45, 2.75) is 13.8 Å². The third-order valence-corrected chi connectivity index (χ3v) is 5.83. The Bertz CT molecular complexity index is 1140. The maximum atomic E-state index is 6.07. The average Bonchev–Trinajstić information content (AvgIpc) is 3.18. The van der Waals surface area contributed by atoms with Crippen molar-refractivity contribution in [3.8, 4) is 21.7 Å². The summed E-state index contributed by atoms with van der Waals surface area (Å²) in [5.41, 5.74) is 9.44. The minimum atomic E-state index is 0. The summed E-state index contributed by atoms with van der Waals surface area (Å²) < 4.78 is 0. The number of aromatic nitrogens is 1. The van der Waals surface area contributed by atoms with Crippen molar-refractivity contribution in [1.29, 1.82) is 0 Å². The van der Waals surface area contributed by atoms with Crippen LogP contribution in [0.4, 0.5) is 5.13 Å². The van der Waals surface area contributed by atoms with E-state index in [9.17, 15) is 0 Å². The van der Waals surface area contributed by atoms with Crippen molar-refractivity contribution in [2.75, 3.05) is 5.43 Å². The summed E-state index contributed by atoms with van der Waals surface area (Å²) in [7, 11) is 0. The molecule has 4 aromatic rings. The van der Waals surface area contributed by atoms with E-state index in [1.807, 2.05) is 49.4 Å². The maximum absolute atomic E-state index is 6.07. The molecule has 0 aliphatic rings. The number of rotatable bonds is 5. The summed E-state index contributed by atoms with van der Waals surface area (Å²) in [6, 6.07) is 26.4. The topological polar surface area (TPSA) is 37.3 Å². The molecule has 6 heteroatoms. The lowest BCUT2D eigenvalue weighted by Crippen LogP contribution is -1.99. The number of hydrogen-bond donors (Lipinski definition) is 1. The van der Waals surface area contributed by atoms with Crippen LogP contribution in [0.2, 0.25) is 5.02 Å². The predicted molar refractivity (Wildman–Crippen MR) is 135 cm³/mol. The molecule has 3 aromatic carbocycles. The first-order valence-electron chi connectivity index (χ1n) is 9.30. The van der Waals surface area contributed by atoms with E-state index in [4.69, 9.17) is 16.6 Å². The van der Waals surface area contributed by atoms with E-state index in [1.165, 1.54) is 5.56 Å². The molecule has 0 radical (unpaired) electrons. The van der Waals surface area contributed by atoms with Gasteiger partial charge in [-0.3, -0.25) is 5.43 Å². The van der Waals surface area contributed by atoms with Crippen LogP contribution in [-0.2, 0) is 0 Å². The van der Waals surface area contributed by atoms with Crippen molar-refractivity contribution in [2.24, 2.45) is 5.10 Å². The summed E-state index contributed by atoms with van der Waals surface area (Å²) >= 11 is 7.65. The van der Waals surface area contributed by atoms with Gasteiger partial charge in [0.15, 0.2) is 0 Å². The van der Waals surface area contributed by atoms with Gasteiger partial charge in [-0.05, 0) is 37.1 Å². The van der Waals surface area contributed by atoms with E-state index in [2.05, 4.69) is 53.8 Å². The second kappa shape index (κ2) is 10.0. The van der Waals surface area contributed by atoms with Crippen molar-refractivity contribution in [1.82, 2.24) is 4.98 Å². The third kappa shape index (κ3) is 5.17. The molecule has 0 bridgehead atoms. The maximum Gasteiger partial charge on any atom is 0.204 e. The number of anilines is 1. The fraction of sp³-hybridized carbons (Fsp3) is 0.0833. The van der Waals surface area contributed by atoms with Gasteiger partial charge < -0.3 is 0 Å². The Hall–Kier alpha value is -2.47. The molecule has 0 saturated carbocycles. The number of nitrogens with one attached hydrogen (secondary N) is 1. The Morgan fingerprint density at radius 3 is 2.23 bits per heavy atom. The van der Waals surface area contributed by atoms with Crippen LogP contribution in [0.1, 0.15) is 18.1 Å². The Morgan fingerprint density at radius 1 is 0.900 bits per heavy atom. The van der Waals surface area contributed by atoms with Crippen LogP contribution >= 0.6 is 39.9 Å². The quantitative estimate of drug-likeness (QED) is 0.225. The van der Waals surface area contributed by atoms with E-state index in [0.717, 1.165) is 38.1 Å². The van der Waals surface area contributed by atoms with Crippen molar-refractivity contribution in [3.05, 3.63) is 95.0 Å². The first-order valence-corrected chi connectivity index (χ1v) is 10.5. The Morgan fingerprint density at radius 2 is 1.57 bits per heavy atom. The van der Waals surface area contributed by atoms with Crippen LogP contribution in [-0.4, -0.2) is 10.7 Å². The molecular formula is C24H21BrClN3S. The second-order valence-electron chi connectivity index (χ2n) is 6.74. The lowest BCUT2D eigenvalue weighted by molar-refractivity contribution is 1.27. The minimum Gasteiger partial charge on any atom is -0.252 e. The third-order valence-electron chi connectivity index (χ3n) is 4.57. The zero-order chi connectivity index (χ0) is 20.2. The monoisotopic (exact) mass is 497 g/mol. The van der Waals surface area contributed by atoms with Gasteiger partial charge in [0.1, 0.15) is 0 Å². The number of hydrogen-bond acceptors (Lipinski definition) is 4. The molecule has 3 nitrogen and oxygen atoms in total. The van der Waals surface area contributed by atoms with Gasteiger partial charge in [-0.2, -0.15) is 5.10 Å². The van der Waals surface area contributed by atoms with Crippen LogP contribution < -0.4 is 5.43 Å². The van der Waals surface area contributed by atoms with Gasteiger partial charge in [0, 0.05) is 10.6 Å². The van der Waals surface area contributed by atoms with Gasteiger partial charge in [0.2, 0.25) is 5.13 Å². The first kappa shape index (κ1) is 22.2. The molecule has 0 spiro atoms. The fourth-order valence-corrected chi connectivity index (χ4v) is 4.01. The molecule has 1 heterocycles. The number of nitrogens with zero attached hydrogens (tertiary/aromatic N) is 2. The van der Waals surface area contributed by atoms with Crippen molar-refractivity contribution < 1.29 is 0 Å². The molecule has 30 heavy (non-hydrogen) atoms. The molecule has 0 aliphatic heterocycles. The molecule has 0 amide bonds. The molecule has 1 N–H and O–H groups in total. The van der Waals surface area contributed by atoms with Crippen LogP contribution in [0.5, 0.6) is 0 Å². The Kier molecular flexibility index (Phi) is 7.43. The minimum absolute atomic E-state index is 0. The highest BCUT2D eigenvalue weighted by molar-refractivity contribution is 8.93. The summed E-state index contributed by atoms with van der Waals surface area (Å²) in [6.07, 6.45) is 0. The van der Waals surface area contributed by atoms with Gasteiger partial charge in [0.05, 0.1) is 16.3 Å². The molecule has 4 rings (SSSR count). The fourth-order valence-electron chi connectivity index (χ4n) is 2.95. The average molecular weight is 499 g/mol. The largest absolute Gasteiger partial charge is 0.252 e. The number of hydrazone groups is 1. The number of thiazole rings is 1. The molecule has 152 valence electrons. The first-order chi connectivity index (χ1) is 14.1. The number of benzene rings is 3. The smallest absolute Gasteiger partial charge is 0.204 e. The van der Waals surface area contributed by atoms with E-state index in [-0.39, 0.29) is 17.0 Å². The van der Waals surface area contributed by atoms with Gasteiger partial charge in [-0.1, -0.05) is 95.2 Å². The molecule has 1 aromatic heterocycles. The normalized spacial score (nSPS) is 11.1. The number of aryl methyl sites for hydroxylation is 1. The zero-order valence-electron chi connectivity index (χ0n) is 16.6. The lowest BCUT2D eigenvalue weighted by atomic mass is 10.1. The van der Waals surface area contributed by atoms with Gasteiger partial charge >= 0.3 is 0 Å². The molecular weight excluding hydrogens is 478 g/mol. The van der Waals surface area contributed by atoms with E-state index >= 15 is 0 Å². The summed E-state index contributed by atoms with van der Waals surface area (Å²) in [4.78, 5) is 5.92. The van der Waals surface area contributed by atoms with Gasteiger partial charge in [-0.15, -0.1) is 17.0 Å². The van der Waals surface area contributed by atoms with Crippen LogP contribution in [0.25, 0.3) is 21.7 Å². The lowest BCUT2D eigenvalue weighted by Gasteiger charge is -2.02. The Labute approximate surface area is 196 Å². The van der Waals surface area contributed by atoms with Crippen LogP contribution in [0.3, 0.4) is 0 Å². The highest BCUT2D eigenvalue weighted by Gasteiger charge is 2.15. The van der Waals surface area contributed by atoms with Crippen LogP contribution in [0.15, 0.2) is 84.0 Å². The highest BCUT2D eigenvalue weighted by Crippen LogP contribution is 2.39. The molecule has 0 atom stereocenters. The van der Waals surface area contributed by atoms with Gasteiger partial charge in [-0.25, -0.2) is 4.98 Å². The van der Waals surface area contributed by atoms with Crippen molar-refractivity contribution >= 4 is 50.8 Å². The van der Waals surface area contributed by atoms with E-state index in [1.54, 1.807) is 11.3 Å². The molecule has 0 aliphatic carbocycles. The number of halogens is 2. The highest BCUT2D eigenvalue weighted by atomic mass is 79.9. The summed E-state index contributed by atoms with van der Waals surface area (Å²) in [5.74, 6) is 0.